The lowest BCUT2D eigenvalue weighted by molar-refractivity contribution is 0.183. The lowest BCUT2D eigenvalue weighted by Crippen LogP contribution is -2.23. The van der Waals surface area contributed by atoms with Gasteiger partial charge in [-0.25, -0.2) is 10.2 Å². The van der Waals surface area contributed by atoms with E-state index in [9.17, 15) is 4.79 Å². The Kier molecular flexibility index (Phi) is 4.00. The van der Waals surface area contributed by atoms with E-state index < -0.39 is 6.09 Å². The minimum Gasteiger partial charge on any atom is -0.452 e. The third-order valence-corrected chi connectivity index (χ3v) is 4.96. The molecule has 1 amide bonds. The number of nitrogen functional groups attached to an aromatic ring is 1. The highest BCUT2D eigenvalue weighted by Gasteiger charge is 2.20. The molecule has 0 unspecified atom stereocenters. The van der Waals surface area contributed by atoms with Crippen LogP contribution in [0.1, 0.15) is 11.3 Å². The number of aryl methyl sites for hydroxylation is 1. The van der Waals surface area contributed by atoms with Gasteiger partial charge < -0.3 is 10.5 Å². The molecule has 0 aliphatic heterocycles. The molecule has 0 saturated heterocycles. The van der Waals surface area contributed by atoms with Crippen molar-refractivity contribution in [1.29, 1.82) is 0 Å². The predicted molar refractivity (Wildman–Crippen MR) is 111 cm³/mol. The van der Waals surface area contributed by atoms with Gasteiger partial charge in [0.2, 0.25) is 0 Å². The maximum atomic E-state index is 11.9. The van der Waals surface area contributed by atoms with E-state index in [1.165, 1.54) is 12.7 Å². The van der Waals surface area contributed by atoms with Crippen molar-refractivity contribution in [2.45, 2.75) is 13.8 Å². The van der Waals surface area contributed by atoms with E-state index >= 15 is 0 Å². The number of carbonyl (C=O) groups is 1. The van der Waals surface area contributed by atoms with Crippen molar-refractivity contribution in [2.75, 3.05) is 18.3 Å². The van der Waals surface area contributed by atoms with Gasteiger partial charge in [0.25, 0.3) is 0 Å². The van der Waals surface area contributed by atoms with Gasteiger partial charge in [-0.2, -0.15) is 0 Å². The molecule has 27 heavy (non-hydrogen) atoms. The molecule has 4 rings (SSSR count). The molecule has 3 aromatic carbocycles. The van der Waals surface area contributed by atoms with Gasteiger partial charge in [-0.05, 0) is 36.8 Å². The Hall–Kier alpha value is -3.47. The number of para-hydroxylation sites is 1. The SMILES string of the molecule is COC(=O)Nn1c(C)c(-c2ccccc2N)c2c3ccc(C)cc3ccc21. The number of nitrogens with two attached hydrogens (primary N) is 1. The Morgan fingerprint density at radius 2 is 1.85 bits per heavy atom. The fourth-order valence-corrected chi connectivity index (χ4v) is 3.70. The van der Waals surface area contributed by atoms with Crippen LogP contribution in [0.4, 0.5) is 10.5 Å². The molecule has 0 fully saturated rings. The third-order valence-electron chi connectivity index (χ3n) is 4.96. The number of hydrogen-bond acceptors (Lipinski definition) is 3. The van der Waals surface area contributed by atoms with Crippen LogP contribution in [-0.2, 0) is 4.74 Å². The molecule has 3 N–H and O–H groups in total. The van der Waals surface area contributed by atoms with Crippen molar-refractivity contribution in [3.05, 3.63) is 65.9 Å². The number of nitrogens with one attached hydrogen (secondary N) is 1. The number of anilines is 1. The molecule has 0 radical (unpaired) electrons. The smallest absolute Gasteiger partial charge is 0.426 e. The Morgan fingerprint density at radius 3 is 2.59 bits per heavy atom. The molecule has 1 aromatic heterocycles. The zero-order valence-corrected chi connectivity index (χ0v) is 15.5. The molecule has 136 valence electrons. The van der Waals surface area contributed by atoms with Crippen LogP contribution in [0.25, 0.3) is 32.8 Å². The monoisotopic (exact) mass is 359 g/mol. The highest BCUT2D eigenvalue weighted by atomic mass is 16.5. The number of rotatable bonds is 2. The fourth-order valence-electron chi connectivity index (χ4n) is 3.70. The molecule has 0 saturated carbocycles. The second-order valence-corrected chi connectivity index (χ2v) is 6.67. The van der Waals surface area contributed by atoms with E-state index in [1.54, 1.807) is 4.68 Å². The van der Waals surface area contributed by atoms with Crippen molar-refractivity contribution >= 4 is 33.5 Å². The van der Waals surface area contributed by atoms with Crippen molar-refractivity contribution in [1.82, 2.24) is 4.68 Å². The lowest BCUT2D eigenvalue weighted by atomic mass is 9.96. The maximum absolute atomic E-state index is 11.9. The second kappa shape index (κ2) is 6.36. The van der Waals surface area contributed by atoms with Crippen LogP contribution in [0.15, 0.2) is 54.6 Å². The van der Waals surface area contributed by atoms with Crippen LogP contribution in [0, 0.1) is 13.8 Å². The topological polar surface area (TPSA) is 69.3 Å². The lowest BCUT2D eigenvalue weighted by Gasteiger charge is -2.10. The zero-order valence-electron chi connectivity index (χ0n) is 15.5. The zero-order chi connectivity index (χ0) is 19.1. The van der Waals surface area contributed by atoms with Crippen molar-refractivity contribution in [2.24, 2.45) is 0 Å². The summed E-state index contributed by atoms with van der Waals surface area (Å²) in [5.74, 6) is 0. The molecule has 0 aliphatic carbocycles. The van der Waals surface area contributed by atoms with Crippen LogP contribution in [0.3, 0.4) is 0 Å². The molecule has 5 heteroatoms. The largest absolute Gasteiger partial charge is 0.452 e. The van der Waals surface area contributed by atoms with Crippen LogP contribution in [0.2, 0.25) is 0 Å². The highest BCUT2D eigenvalue weighted by molar-refractivity contribution is 6.16. The van der Waals surface area contributed by atoms with Gasteiger partial charge in [0, 0.05) is 27.9 Å². The van der Waals surface area contributed by atoms with Crippen molar-refractivity contribution in [3.8, 4) is 11.1 Å². The summed E-state index contributed by atoms with van der Waals surface area (Å²) in [4.78, 5) is 11.9. The van der Waals surface area contributed by atoms with E-state index in [1.807, 2.05) is 37.3 Å². The molecular weight excluding hydrogens is 338 g/mol. The number of nitrogens with zero attached hydrogens (tertiary/aromatic N) is 1. The summed E-state index contributed by atoms with van der Waals surface area (Å²) in [7, 11) is 1.35. The van der Waals surface area contributed by atoms with Gasteiger partial charge in [-0.15, -0.1) is 0 Å². The summed E-state index contributed by atoms with van der Waals surface area (Å²) < 4.78 is 6.57. The number of fused-ring (bicyclic) bond motifs is 3. The van der Waals surface area contributed by atoms with Crippen LogP contribution >= 0.6 is 0 Å². The highest BCUT2D eigenvalue weighted by Crippen LogP contribution is 2.40. The number of benzene rings is 3. The van der Waals surface area contributed by atoms with Gasteiger partial charge in [0.15, 0.2) is 0 Å². The van der Waals surface area contributed by atoms with E-state index in [4.69, 9.17) is 10.5 Å². The summed E-state index contributed by atoms with van der Waals surface area (Å²) in [6.07, 6.45) is -0.522. The van der Waals surface area contributed by atoms with E-state index in [-0.39, 0.29) is 0 Å². The summed E-state index contributed by atoms with van der Waals surface area (Å²) in [6.45, 7) is 4.05. The summed E-state index contributed by atoms with van der Waals surface area (Å²) in [5, 5.41) is 3.32. The second-order valence-electron chi connectivity index (χ2n) is 6.67. The first-order valence-electron chi connectivity index (χ1n) is 8.75. The van der Waals surface area contributed by atoms with Gasteiger partial charge in [0.05, 0.1) is 12.6 Å². The molecule has 1 heterocycles. The first-order valence-corrected chi connectivity index (χ1v) is 8.75. The quantitative estimate of drug-likeness (QED) is 0.497. The standard InChI is InChI=1S/C22H21N3O2/c1-13-8-10-16-15(12-13)9-11-19-21(16)20(17-6-4-5-7-18(17)23)14(2)25(19)24-22(26)27-3/h4-12H,23H2,1-3H3,(H,24,26). The molecule has 0 aliphatic rings. The van der Waals surface area contributed by atoms with E-state index in [2.05, 4.69) is 36.6 Å². The van der Waals surface area contributed by atoms with Crippen LogP contribution in [0.5, 0.6) is 0 Å². The Balaban J connectivity index is 2.15. The van der Waals surface area contributed by atoms with E-state index in [0.717, 1.165) is 38.5 Å². The first kappa shape index (κ1) is 17.0. The number of carbonyl (C=O) groups excluding carboxylic acids is 1. The molecule has 4 aromatic rings. The minimum atomic E-state index is -0.522. The molecule has 5 nitrogen and oxygen atoms in total. The average molecular weight is 359 g/mol. The molecule has 0 bridgehead atoms. The summed E-state index contributed by atoms with van der Waals surface area (Å²) in [6, 6.07) is 18.2. The van der Waals surface area contributed by atoms with Crippen LogP contribution < -0.4 is 11.2 Å². The van der Waals surface area contributed by atoms with Crippen molar-refractivity contribution < 1.29 is 9.53 Å². The molecule has 0 atom stereocenters. The van der Waals surface area contributed by atoms with Gasteiger partial charge >= 0.3 is 6.09 Å². The normalized spacial score (nSPS) is 11.1. The fraction of sp³-hybridized carbons (Fsp3) is 0.136. The number of hydrogen-bond donors (Lipinski definition) is 2. The maximum Gasteiger partial charge on any atom is 0.426 e. The Bertz CT molecular complexity index is 1190. The van der Waals surface area contributed by atoms with Gasteiger partial charge in [0.1, 0.15) is 0 Å². The number of aromatic nitrogens is 1. The Labute approximate surface area is 157 Å². The van der Waals surface area contributed by atoms with Gasteiger partial charge in [-0.1, -0.05) is 48.0 Å². The summed E-state index contributed by atoms with van der Waals surface area (Å²) >= 11 is 0. The van der Waals surface area contributed by atoms with Crippen LogP contribution in [-0.4, -0.2) is 17.9 Å². The average Bonchev–Trinajstić information content (AvgIpc) is 2.94. The summed E-state index contributed by atoms with van der Waals surface area (Å²) in [5.41, 5.74) is 14.7. The minimum absolute atomic E-state index is 0.522. The predicted octanol–water partition coefficient (Wildman–Crippen LogP) is 4.97. The Morgan fingerprint density at radius 1 is 1.07 bits per heavy atom. The molecular formula is C22H21N3O2. The number of amides is 1. The molecule has 0 spiro atoms. The number of methoxy groups -OCH3 is 1. The van der Waals surface area contributed by atoms with E-state index in [0.29, 0.717) is 5.69 Å². The number of ether oxygens (including phenoxy) is 1. The third kappa shape index (κ3) is 2.68. The first-order chi connectivity index (χ1) is 13.0. The van der Waals surface area contributed by atoms with Gasteiger partial charge in [-0.3, -0.25) is 4.68 Å². The van der Waals surface area contributed by atoms with Crippen molar-refractivity contribution in [3.63, 3.8) is 0 Å².